The molecule has 2 heterocycles. The fourth-order valence-electron chi connectivity index (χ4n) is 2.10. The van der Waals surface area contributed by atoms with Crippen molar-refractivity contribution in [2.24, 2.45) is 0 Å². The number of carbonyl (C=O) groups excluding carboxylic acids is 1. The Morgan fingerprint density at radius 3 is 3.05 bits per heavy atom. The molecule has 0 unspecified atom stereocenters. The summed E-state index contributed by atoms with van der Waals surface area (Å²) in [5, 5.41) is 2.79. The van der Waals surface area contributed by atoms with Crippen LogP contribution in [0.5, 0.6) is 0 Å². The van der Waals surface area contributed by atoms with E-state index in [0.717, 1.165) is 12.8 Å². The predicted molar refractivity (Wildman–Crippen MR) is 76.2 cm³/mol. The van der Waals surface area contributed by atoms with Gasteiger partial charge in [-0.2, -0.15) is 0 Å². The molecule has 0 bridgehead atoms. The minimum absolute atomic E-state index is 0.0847. The average molecular weight is 288 g/mol. The van der Waals surface area contributed by atoms with Crippen molar-refractivity contribution in [2.75, 3.05) is 13.7 Å². The summed E-state index contributed by atoms with van der Waals surface area (Å²) in [6.45, 7) is 0.689. The van der Waals surface area contributed by atoms with Gasteiger partial charge in [0.25, 0.3) is 11.5 Å². The highest BCUT2D eigenvalue weighted by atomic mass is 16.5. The summed E-state index contributed by atoms with van der Waals surface area (Å²) >= 11 is 0. The average Bonchev–Trinajstić information content (AvgIpc) is 3.29. The van der Waals surface area contributed by atoms with Gasteiger partial charge >= 0.3 is 0 Å². The van der Waals surface area contributed by atoms with Crippen LogP contribution in [0.3, 0.4) is 0 Å². The van der Waals surface area contributed by atoms with Crippen molar-refractivity contribution in [3.05, 3.63) is 34.4 Å². The van der Waals surface area contributed by atoms with Gasteiger partial charge in [-0.1, -0.05) is 0 Å². The molecular weight excluding hydrogens is 272 g/mol. The minimum Gasteiger partial charge on any atom is -0.383 e. The van der Waals surface area contributed by atoms with Crippen molar-refractivity contribution in [3.63, 3.8) is 0 Å². The van der Waals surface area contributed by atoms with E-state index >= 15 is 0 Å². The lowest BCUT2D eigenvalue weighted by atomic mass is 10.3. The van der Waals surface area contributed by atoms with E-state index in [4.69, 9.17) is 4.74 Å². The number of nitrogens with one attached hydrogen (secondary N) is 1. The Morgan fingerprint density at radius 1 is 1.52 bits per heavy atom. The van der Waals surface area contributed by atoms with E-state index in [9.17, 15) is 9.59 Å². The quantitative estimate of drug-likeness (QED) is 0.857. The largest absolute Gasteiger partial charge is 0.383 e. The molecule has 1 aliphatic rings. The molecular formula is C14H16N4O3. The number of pyridine rings is 1. The maximum absolute atomic E-state index is 12.5. The summed E-state index contributed by atoms with van der Waals surface area (Å²) < 4.78 is 6.45. The van der Waals surface area contributed by atoms with Crippen LogP contribution in [0.4, 0.5) is 0 Å². The number of hydrogen-bond donors (Lipinski definition) is 1. The van der Waals surface area contributed by atoms with Crippen molar-refractivity contribution >= 4 is 17.1 Å². The third kappa shape index (κ3) is 2.78. The molecule has 110 valence electrons. The molecule has 1 fully saturated rings. The van der Waals surface area contributed by atoms with Crippen LogP contribution in [0, 0.1) is 0 Å². The fraction of sp³-hybridized carbons (Fsp3) is 0.429. The number of aromatic nitrogens is 3. The van der Waals surface area contributed by atoms with Crippen molar-refractivity contribution in [3.8, 4) is 0 Å². The molecule has 0 aromatic carbocycles. The molecule has 2 aromatic heterocycles. The second kappa shape index (κ2) is 5.61. The normalized spacial score (nSPS) is 14.3. The molecule has 21 heavy (non-hydrogen) atoms. The van der Waals surface area contributed by atoms with E-state index in [-0.39, 0.29) is 11.7 Å². The maximum atomic E-state index is 12.5. The van der Waals surface area contributed by atoms with E-state index in [0.29, 0.717) is 24.3 Å². The van der Waals surface area contributed by atoms with Crippen LogP contribution in [-0.4, -0.2) is 40.2 Å². The van der Waals surface area contributed by atoms with Gasteiger partial charge in [0.15, 0.2) is 11.3 Å². The number of ether oxygens (including phenoxy) is 1. The van der Waals surface area contributed by atoms with Crippen LogP contribution in [0.15, 0.2) is 23.1 Å². The van der Waals surface area contributed by atoms with Crippen LogP contribution in [0.25, 0.3) is 11.2 Å². The first-order valence-electron chi connectivity index (χ1n) is 6.86. The van der Waals surface area contributed by atoms with Gasteiger partial charge in [-0.3, -0.25) is 14.2 Å². The molecule has 0 spiro atoms. The Labute approximate surface area is 121 Å². The number of rotatable bonds is 5. The van der Waals surface area contributed by atoms with Crippen molar-refractivity contribution < 1.29 is 9.53 Å². The second-order valence-electron chi connectivity index (χ2n) is 5.00. The summed E-state index contributed by atoms with van der Waals surface area (Å²) in [4.78, 5) is 33.0. The van der Waals surface area contributed by atoms with Crippen LogP contribution in [0.2, 0.25) is 0 Å². The summed E-state index contributed by atoms with van der Waals surface area (Å²) in [5.41, 5.74) is 0.464. The van der Waals surface area contributed by atoms with E-state index in [1.54, 1.807) is 25.4 Å². The molecule has 1 saturated carbocycles. The topological polar surface area (TPSA) is 86.1 Å². The smallest absolute Gasteiger partial charge is 0.283 e. The van der Waals surface area contributed by atoms with Gasteiger partial charge in [-0.05, 0) is 25.0 Å². The van der Waals surface area contributed by atoms with E-state index in [1.807, 2.05) is 0 Å². The van der Waals surface area contributed by atoms with Gasteiger partial charge in [-0.25, -0.2) is 9.97 Å². The number of methoxy groups -OCH3 is 1. The number of amides is 1. The highest BCUT2D eigenvalue weighted by Gasteiger charge is 2.26. The first-order chi connectivity index (χ1) is 10.2. The molecule has 7 heteroatoms. The van der Waals surface area contributed by atoms with Crippen LogP contribution in [0.1, 0.15) is 23.3 Å². The van der Waals surface area contributed by atoms with Gasteiger partial charge in [0, 0.05) is 19.3 Å². The first-order valence-corrected chi connectivity index (χ1v) is 6.86. The zero-order chi connectivity index (χ0) is 14.8. The van der Waals surface area contributed by atoms with Crippen LogP contribution < -0.4 is 10.9 Å². The molecule has 1 N–H and O–H groups in total. The van der Waals surface area contributed by atoms with Crippen molar-refractivity contribution in [2.45, 2.75) is 25.4 Å². The standard InChI is InChI=1S/C14H16N4O3/c1-21-8-7-18-12-10(3-2-6-15-12)17-11(14(18)20)13(19)16-9-4-5-9/h2-3,6,9H,4-5,7-8H2,1H3,(H,16,19). The zero-order valence-corrected chi connectivity index (χ0v) is 11.7. The van der Waals surface area contributed by atoms with Gasteiger partial charge in [-0.15, -0.1) is 0 Å². The third-order valence-corrected chi connectivity index (χ3v) is 3.35. The van der Waals surface area contributed by atoms with Crippen LogP contribution >= 0.6 is 0 Å². The Balaban J connectivity index is 2.09. The molecule has 1 amide bonds. The Morgan fingerprint density at radius 2 is 2.33 bits per heavy atom. The highest BCUT2D eigenvalue weighted by molar-refractivity contribution is 5.93. The van der Waals surface area contributed by atoms with Crippen molar-refractivity contribution in [1.82, 2.24) is 19.9 Å². The van der Waals surface area contributed by atoms with Gasteiger partial charge < -0.3 is 10.1 Å². The second-order valence-corrected chi connectivity index (χ2v) is 5.00. The monoisotopic (exact) mass is 288 g/mol. The Hall–Kier alpha value is -2.28. The molecule has 7 nitrogen and oxygen atoms in total. The third-order valence-electron chi connectivity index (χ3n) is 3.35. The molecule has 2 aromatic rings. The molecule has 0 atom stereocenters. The Bertz CT molecular complexity index is 737. The molecule has 0 aliphatic heterocycles. The number of fused-ring (bicyclic) bond motifs is 1. The minimum atomic E-state index is -0.434. The van der Waals surface area contributed by atoms with Gasteiger partial charge in [0.05, 0.1) is 13.2 Å². The Kier molecular flexibility index (Phi) is 3.66. The lowest BCUT2D eigenvalue weighted by Crippen LogP contribution is -2.36. The molecule has 3 rings (SSSR count). The predicted octanol–water partition coefficient (Wildman–Crippen LogP) is 0.330. The van der Waals surface area contributed by atoms with E-state index < -0.39 is 11.5 Å². The van der Waals surface area contributed by atoms with E-state index in [2.05, 4.69) is 15.3 Å². The zero-order valence-electron chi connectivity index (χ0n) is 11.7. The number of nitrogens with zero attached hydrogens (tertiary/aromatic N) is 3. The molecule has 0 radical (unpaired) electrons. The fourth-order valence-corrected chi connectivity index (χ4v) is 2.10. The first kappa shape index (κ1) is 13.7. The number of carbonyl (C=O) groups is 1. The molecule has 1 aliphatic carbocycles. The summed E-state index contributed by atoms with van der Waals surface area (Å²) in [7, 11) is 1.56. The van der Waals surface area contributed by atoms with Gasteiger partial charge in [0.2, 0.25) is 0 Å². The highest BCUT2D eigenvalue weighted by Crippen LogP contribution is 2.19. The lowest BCUT2D eigenvalue weighted by molar-refractivity contribution is 0.0943. The maximum Gasteiger partial charge on any atom is 0.283 e. The van der Waals surface area contributed by atoms with E-state index in [1.165, 1.54) is 4.57 Å². The van der Waals surface area contributed by atoms with Crippen LogP contribution in [-0.2, 0) is 11.3 Å². The summed E-state index contributed by atoms with van der Waals surface area (Å²) in [6.07, 6.45) is 3.51. The van der Waals surface area contributed by atoms with Gasteiger partial charge in [0.1, 0.15) is 5.52 Å². The summed E-state index contributed by atoms with van der Waals surface area (Å²) in [6, 6.07) is 3.64. The van der Waals surface area contributed by atoms with Crippen molar-refractivity contribution in [1.29, 1.82) is 0 Å². The number of hydrogen-bond acceptors (Lipinski definition) is 5. The SMILES string of the molecule is COCCn1c(=O)c(C(=O)NC2CC2)nc2cccnc21. The summed E-state index contributed by atoms with van der Waals surface area (Å²) in [5.74, 6) is -0.417. The molecule has 0 saturated heterocycles. The lowest BCUT2D eigenvalue weighted by Gasteiger charge is -2.10.